The highest BCUT2D eigenvalue weighted by Gasteiger charge is 2.47. The number of rotatable bonds is 6. The zero-order valence-electron chi connectivity index (χ0n) is 21.9. The van der Waals surface area contributed by atoms with Gasteiger partial charge in [0.15, 0.2) is 12.1 Å². The lowest BCUT2D eigenvalue weighted by atomic mass is 9.98. The summed E-state index contributed by atoms with van der Waals surface area (Å²) in [6.45, 7) is 0.866. The summed E-state index contributed by atoms with van der Waals surface area (Å²) in [4.78, 5) is 13.5. The summed E-state index contributed by atoms with van der Waals surface area (Å²) >= 11 is 0. The van der Waals surface area contributed by atoms with Crippen LogP contribution in [0.4, 0.5) is 0 Å². The first-order valence-electron chi connectivity index (χ1n) is 12.9. The summed E-state index contributed by atoms with van der Waals surface area (Å²) in [7, 11) is 0. The number of phenols is 3. The van der Waals surface area contributed by atoms with Gasteiger partial charge in [0.1, 0.15) is 70.9 Å². The zero-order valence-corrected chi connectivity index (χ0v) is 21.9. The summed E-state index contributed by atoms with van der Waals surface area (Å²) in [5.41, 5.74) is -0.956. The smallest absolute Gasteiger partial charge is 0.239 e. The van der Waals surface area contributed by atoms with Gasteiger partial charge in [0.25, 0.3) is 0 Å². The normalized spacial score (nSPS) is 33.5. The van der Waals surface area contributed by atoms with E-state index < -0.39 is 90.7 Å². The van der Waals surface area contributed by atoms with Crippen LogP contribution in [0.2, 0.25) is 0 Å². The van der Waals surface area contributed by atoms with Crippen molar-refractivity contribution in [3.8, 4) is 34.3 Å². The van der Waals surface area contributed by atoms with Crippen LogP contribution in [0.25, 0.3) is 22.3 Å². The predicted octanol–water partition coefficient (Wildman–Crippen LogP) is -1.39. The zero-order chi connectivity index (χ0) is 30.5. The van der Waals surface area contributed by atoms with Gasteiger partial charge in [-0.25, -0.2) is 0 Å². The molecule has 10 atom stereocenters. The first kappa shape index (κ1) is 30.0. The Morgan fingerprint density at radius 3 is 2.10 bits per heavy atom. The molecule has 15 nitrogen and oxygen atoms in total. The molecule has 0 aliphatic carbocycles. The molecule has 2 aliphatic rings. The summed E-state index contributed by atoms with van der Waals surface area (Å²) < 4.78 is 28.0. The number of aliphatic hydroxyl groups is 6. The molecule has 0 bridgehead atoms. The van der Waals surface area contributed by atoms with E-state index in [1.165, 1.54) is 31.2 Å². The Morgan fingerprint density at radius 2 is 1.40 bits per heavy atom. The molecule has 1 aromatic heterocycles. The fourth-order valence-electron chi connectivity index (χ4n) is 4.79. The topological polar surface area (TPSA) is 249 Å². The van der Waals surface area contributed by atoms with Gasteiger partial charge in [0, 0.05) is 17.7 Å². The molecule has 2 aromatic carbocycles. The monoisotopic (exact) mass is 594 g/mol. The lowest BCUT2D eigenvalue weighted by Gasteiger charge is -2.42. The van der Waals surface area contributed by atoms with E-state index in [0.29, 0.717) is 0 Å². The van der Waals surface area contributed by atoms with Gasteiger partial charge in [-0.15, -0.1) is 0 Å². The van der Waals surface area contributed by atoms with E-state index in [1.807, 2.05) is 0 Å². The van der Waals surface area contributed by atoms with Crippen molar-refractivity contribution in [3.05, 3.63) is 46.6 Å². The van der Waals surface area contributed by atoms with E-state index in [0.717, 1.165) is 12.1 Å². The largest absolute Gasteiger partial charge is 0.508 e. The number of fused-ring (bicyclic) bond motifs is 1. The fraction of sp³-hybridized carbons (Fsp3) is 0.444. The van der Waals surface area contributed by atoms with Gasteiger partial charge in [0.05, 0.1) is 12.7 Å². The van der Waals surface area contributed by atoms with Crippen molar-refractivity contribution in [2.24, 2.45) is 0 Å². The lowest BCUT2D eigenvalue weighted by molar-refractivity contribution is -0.318. The van der Waals surface area contributed by atoms with Crippen LogP contribution in [-0.2, 0) is 14.2 Å². The van der Waals surface area contributed by atoms with Crippen molar-refractivity contribution >= 4 is 11.0 Å². The molecule has 9 N–H and O–H groups in total. The number of hydrogen-bond donors (Lipinski definition) is 9. The van der Waals surface area contributed by atoms with Crippen LogP contribution in [0.15, 0.2) is 45.6 Å². The number of ether oxygens (including phenoxy) is 4. The highest BCUT2D eigenvalue weighted by atomic mass is 16.7. The van der Waals surface area contributed by atoms with E-state index in [1.54, 1.807) is 0 Å². The average Bonchev–Trinajstić information content (AvgIpc) is 2.95. The van der Waals surface area contributed by atoms with Crippen molar-refractivity contribution in [1.29, 1.82) is 0 Å². The highest BCUT2D eigenvalue weighted by molar-refractivity contribution is 5.88. The van der Waals surface area contributed by atoms with Crippen LogP contribution >= 0.6 is 0 Å². The molecule has 0 spiro atoms. The maximum absolute atomic E-state index is 13.5. The Labute approximate surface area is 236 Å². The molecule has 0 saturated carbocycles. The van der Waals surface area contributed by atoms with Crippen molar-refractivity contribution in [3.63, 3.8) is 0 Å². The third-order valence-electron chi connectivity index (χ3n) is 7.18. The number of aromatic hydroxyl groups is 3. The highest BCUT2D eigenvalue weighted by Crippen LogP contribution is 2.37. The molecule has 0 radical (unpaired) electrons. The summed E-state index contributed by atoms with van der Waals surface area (Å²) in [5, 5.41) is 91.4. The molecule has 2 fully saturated rings. The van der Waals surface area contributed by atoms with E-state index >= 15 is 0 Å². The third kappa shape index (κ3) is 5.49. The fourth-order valence-corrected chi connectivity index (χ4v) is 4.79. The van der Waals surface area contributed by atoms with Crippen LogP contribution in [-0.4, -0.2) is 114 Å². The van der Waals surface area contributed by atoms with Crippen LogP contribution < -0.4 is 10.2 Å². The van der Waals surface area contributed by atoms with Crippen LogP contribution in [0.5, 0.6) is 23.0 Å². The van der Waals surface area contributed by atoms with Crippen molar-refractivity contribution in [2.45, 2.75) is 68.3 Å². The van der Waals surface area contributed by atoms with Gasteiger partial charge in [-0.1, -0.05) is 0 Å². The lowest BCUT2D eigenvalue weighted by Crippen LogP contribution is -2.61. The maximum atomic E-state index is 13.5. The van der Waals surface area contributed by atoms with Crippen molar-refractivity contribution < 1.29 is 69.3 Å². The van der Waals surface area contributed by atoms with Gasteiger partial charge < -0.3 is 69.3 Å². The molecule has 42 heavy (non-hydrogen) atoms. The first-order valence-corrected chi connectivity index (χ1v) is 12.9. The number of aliphatic hydroxyl groups excluding tert-OH is 6. The molecule has 3 heterocycles. The van der Waals surface area contributed by atoms with E-state index in [4.69, 9.17) is 23.4 Å². The van der Waals surface area contributed by atoms with Crippen LogP contribution in [0, 0.1) is 0 Å². The Hall–Kier alpha value is -3.51. The minimum Gasteiger partial charge on any atom is -0.508 e. The minimum atomic E-state index is -1.92. The second-order valence-corrected chi connectivity index (χ2v) is 10.1. The number of hydrogen-bond acceptors (Lipinski definition) is 15. The SMILES string of the molecule is C[C@H]1O[C@@H](OC[C@@H]2O[C@H](Oc3c(-c4ccc(O)cc4)oc4cc(O)cc(O)c4c3=O)[C@@H](O)[C@H](O)[C@H]2O)[C@H](O)[C@@H](O)[C@@H]1O. The van der Waals surface area contributed by atoms with Crippen molar-refractivity contribution in [1.82, 2.24) is 0 Å². The molecule has 5 rings (SSSR count). The van der Waals surface area contributed by atoms with E-state index in [2.05, 4.69) is 0 Å². The third-order valence-corrected chi connectivity index (χ3v) is 7.18. The predicted molar refractivity (Wildman–Crippen MR) is 139 cm³/mol. The Balaban J connectivity index is 1.46. The Kier molecular flexibility index (Phi) is 8.30. The molecule has 3 aromatic rings. The molecule has 15 heteroatoms. The van der Waals surface area contributed by atoms with Gasteiger partial charge in [-0.05, 0) is 31.2 Å². The number of benzene rings is 2. The molecule has 228 valence electrons. The average molecular weight is 595 g/mol. The Morgan fingerprint density at radius 1 is 0.762 bits per heavy atom. The second kappa shape index (κ2) is 11.6. The van der Waals surface area contributed by atoms with E-state index in [9.17, 15) is 50.8 Å². The molecule has 2 saturated heterocycles. The molecule has 0 amide bonds. The quantitative estimate of drug-likeness (QED) is 0.159. The molecular formula is C27H30O15. The summed E-state index contributed by atoms with van der Waals surface area (Å²) in [6, 6.07) is 7.33. The Bertz CT molecular complexity index is 1470. The minimum absolute atomic E-state index is 0.103. The van der Waals surface area contributed by atoms with Crippen LogP contribution in [0.1, 0.15) is 6.92 Å². The second-order valence-electron chi connectivity index (χ2n) is 10.1. The van der Waals surface area contributed by atoms with Crippen LogP contribution in [0.3, 0.4) is 0 Å². The first-order chi connectivity index (χ1) is 19.9. The van der Waals surface area contributed by atoms with Gasteiger partial charge in [-0.2, -0.15) is 0 Å². The maximum Gasteiger partial charge on any atom is 0.239 e. The molecular weight excluding hydrogens is 564 g/mol. The van der Waals surface area contributed by atoms with Gasteiger partial charge in [-0.3, -0.25) is 4.79 Å². The molecule has 0 unspecified atom stereocenters. The van der Waals surface area contributed by atoms with E-state index in [-0.39, 0.29) is 28.0 Å². The van der Waals surface area contributed by atoms with Gasteiger partial charge in [0.2, 0.25) is 17.5 Å². The number of phenolic OH excluding ortho intramolecular Hbond substituents is 3. The summed E-state index contributed by atoms with van der Waals surface area (Å²) in [5.74, 6) is -1.97. The molecule has 2 aliphatic heterocycles. The van der Waals surface area contributed by atoms with Crippen molar-refractivity contribution in [2.75, 3.05) is 6.61 Å². The summed E-state index contributed by atoms with van der Waals surface area (Å²) in [6.07, 6.45) is -15.8. The van der Waals surface area contributed by atoms with Gasteiger partial charge >= 0.3 is 0 Å². The standard InChI is InChI=1S/C27H30O15/c1-9-17(31)20(34)22(36)26(39-9)38-8-15-18(32)21(35)23(37)27(41-15)42-25-19(33)16-13(30)6-12(29)7-14(16)40-24(25)10-2-4-11(28)5-3-10/h2-7,9,15,17-18,20-23,26-32,34-37H,8H2,1H3/t9-,15+,17-,18+,20+,21-,22-,23+,26-,27-/m1/s1.